The van der Waals surface area contributed by atoms with Crippen molar-refractivity contribution >= 4 is 5.97 Å². The summed E-state index contributed by atoms with van der Waals surface area (Å²) in [7, 11) is 3.53. The average Bonchev–Trinajstić information content (AvgIpc) is 2.31. The molecule has 3 nitrogen and oxygen atoms in total. The van der Waals surface area contributed by atoms with Crippen molar-refractivity contribution in [3.63, 3.8) is 0 Å². The standard InChI is InChI=1S/C10H17NO2/c1-11-6-3-4-9(5-7-11)8-10(12)13-2/h8H,3-7H2,1-2H3/b9-8+. The summed E-state index contributed by atoms with van der Waals surface area (Å²) in [4.78, 5) is 13.3. The van der Waals surface area contributed by atoms with Crippen molar-refractivity contribution in [3.05, 3.63) is 11.6 Å². The Bertz CT molecular complexity index is 211. The number of rotatable bonds is 1. The van der Waals surface area contributed by atoms with Crippen molar-refractivity contribution < 1.29 is 9.53 Å². The van der Waals surface area contributed by atoms with Gasteiger partial charge in [0.2, 0.25) is 0 Å². The van der Waals surface area contributed by atoms with E-state index in [1.165, 1.54) is 12.7 Å². The van der Waals surface area contributed by atoms with Crippen LogP contribution < -0.4 is 0 Å². The van der Waals surface area contributed by atoms with Crippen molar-refractivity contribution in [2.24, 2.45) is 0 Å². The van der Waals surface area contributed by atoms with Crippen molar-refractivity contribution in [2.45, 2.75) is 19.3 Å². The third-order valence-corrected chi connectivity index (χ3v) is 2.38. The van der Waals surface area contributed by atoms with Gasteiger partial charge in [0.05, 0.1) is 7.11 Å². The third-order valence-electron chi connectivity index (χ3n) is 2.38. The van der Waals surface area contributed by atoms with E-state index in [0.29, 0.717) is 0 Å². The Kier molecular flexibility index (Phi) is 3.96. The van der Waals surface area contributed by atoms with E-state index in [4.69, 9.17) is 0 Å². The zero-order valence-corrected chi connectivity index (χ0v) is 8.38. The molecule has 0 bridgehead atoms. The fourth-order valence-electron chi connectivity index (χ4n) is 1.52. The lowest BCUT2D eigenvalue weighted by atomic mass is 10.1. The molecule has 1 aliphatic rings. The topological polar surface area (TPSA) is 29.5 Å². The molecular weight excluding hydrogens is 166 g/mol. The van der Waals surface area contributed by atoms with Crippen molar-refractivity contribution in [1.82, 2.24) is 4.90 Å². The molecule has 0 amide bonds. The van der Waals surface area contributed by atoms with E-state index in [1.54, 1.807) is 6.08 Å². The number of likely N-dealkylation sites (tertiary alicyclic amines) is 1. The van der Waals surface area contributed by atoms with Crippen LogP contribution in [0.3, 0.4) is 0 Å². The van der Waals surface area contributed by atoms with E-state index in [-0.39, 0.29) is 5.97 Å². The van der Waals surface area contributed by atoms with Crippen LogP contribution in [-0.4, -0.2) is 38.1 Å². The molecule has 0 aromatic rings. The molecule has 1 heterocycles. The zero-order valence-electron chi connectivity index (χ0n) is 8.38. The molecule has 0 aliphatic carbocycles. The number of hydrogen-bond donors (Lipinski definition) is 0. The van der Waals surface area contributed by atoms with Crippen LogP contribution in [-0.2, 0) is 9.53 Å². The second-order valence-corrected chi connectivity index (χ2v) is 3.48. The maximum atomic E-state index is 11.0. The fraction of sp³-hybridized carbons (Fsp3) is 0.700. The molecule has 0 unspecified atom stereocenters. The molecule has 74 valence electrons. The Morgan fingerprint density at radius 1 is 1.46 bits per heavy atom. The minimum absolute atomic E-state index is 0.223. The normalized spacial score (nSPS) is 22.8. The highest BCUT2D eigenvalue weighted by Crippen LogP contribution is 2.15. The van der Waals surface area contributed by atoms with Gasteiger partial charge in [0, 0.05) is 12.6 Å². The number of carbonyl (C=O) groups excluding carboxylic acids is 1. The van der Waals surface area contributed by atoms with Gasteiger partial charge in [-0.1, -0.05) is 5.57 Å². The van der Waals surface area contributed by atoms with Crippen molar-refractivity contribution in [3.8, 4) is 0 Å². The number of methoxy groups -OCH3 is 1. The van der Waals surface area contributed by atoms with Gasteiger partial charge in [0.1, 0.15) is 0 Å². The predicted octanol–water partition coefficient (Wildman–Crippen LogP) is 1.20. The highest BCUT2D eigenvalue weighted by atomic mass is 16.5. The summed E-state index contributed by atoms with van der Waals surface area (Å²) in [6.07, 6.45) is 4.80. The van der Waals surface area contributed by atoms with Crippen molar-refractivity contribution in [2.75, 3.05) is 27.2 Å². The van der Waals surface area contributed by atoms with Crippen LogP contribution in [0.15, 0.2) is 11.6 Å². The quantitative estimate of drug-likeness (QED) is 0.452. The summed E-state index contributed by atoms with van der Waals surface area (Å²) in [5.41, 5.74) is 1.22. The Balaban J connectivity index is 2.50. The maximum Gasteiger partial charge on any atom is 0.330 e. The predicted molar refractivity (Wildman–Crippen MR) is 51.4 cm³/mol. The van der Waals surface area contributed by atoms with Gasteiger partial charge in [0.25, 0.3) is 0 Å². The molecule has 0 saturated carbocycles. The largest absolute Gasteiger partial charge is 0.466 e. The summed E-state index contributed by atoms with van der Waals surface area (Å²) >= 11 is 0. The lowest BCUT2D eigenvalue weighted by Gasteiger charge is -2.10. The van der Waals surface area contributed by atoms with E-state index < -0.39 is 0 Å². The first-order chi connectivity index (χ1) is 6.22. The minimum Gasteiger partial charge on any atom is -0.466 e. The number of nitrogens with zero attached hydrogens (tertiary/aromatic N) is 1. The highest BCUT2D eigenvalue weighted by molar-refractivity contribution is 5.82. The van der Waals surface area contributed by atoms with Crippen LogP contribution in [0.25, 0.3) is 0 Å². The summed E-state index contributed by atoms with van der Waals surface area (Å²) in [5, 5.41) is 0. The number of carbonyl (C=O) groups is 1. The highest BCUT2D eigenvalue weighted by Gasteiger charge is 2.09. The lowest BCUT2D eigenvalue weighted by Crippen LogP contribution is -2.18. The van der Waals surface area contributed by atoms with Crippen molar-refractivity contribution in [1.29, 1.82) is 0 Å². The Morgan fingerprint density at radius 3 is 2.92 bits per heavy atom. The van der Waals surface area contributed by atoms with Gasteiger partial charge < -0.3 is 9.64 Å². The van der Waals surface area contributed by atoms with Crippen LogP contribution in [0.1, 0.15) is 19.3 Å². The molecule has 1 rings (SSSR count). The Hall–Kier alpha value is -0.830. The van der Waals surface area contributed by atoms with E-state index in [9.17, 15) is 4.79 Å². The molecule has 1 aliphatic heterocycles. The van der Waals surface area contributed by atoms with Crippen LogP contribution in [0, 0.1) is 0 Å². The monoisotopic (exact) mass is 183 g/mol. The number of esters is 1. The van der Waals surface area contributed by atoms with Crippen LogP contribution in [0.5, 0.6) is 0 Å². The SMILES string of the molecule is COC(=O)/C=C1\CCCN(C)CC1. The van der Waals surface area contributed by atoms with Gasteiger partial charge in [0.15, 0.2) is 0 Å². The van der Waals surface area contributed by atoms with Gasteiger partial charge >= 0.3 is 5.97 Å². The maximum absolute atomic E-state index is 11.0. The molecule has 0 aromatic heterocycles. The van der Waals surface area contributed by atoms with Gasteiger partial charge in [-0.2, -0.15) is 0 Å². The Labute approximate surface area is 79.4 Å². The molecule has 3 heteroatoms. The molecule has 1 fully saturated rings. The van der Waals surface area contributed by atoms with E-state index in [1.807, 2.05) is 0 Å². The Morgan fingerprint density at radius 2 is 2.23 bits per heavy atom. The van der Waals surface area contributed by atoms with Gasteiger partial charge in [-0.3, -0.25) is 0 Å². The number of hydrogen-bond acceptors (Lipinski definition) is 3. The van der Waals surface area contributed by atoms with Gasteiger partial charge in [-0.15, -0.1) is 0 Å². The molecule has 1 saturated heterocycles. The summed E-state index contributed by atoms with van der Waals surface area (Å²) in [5.74, 6) is -0.223. The smallest absolute Gasteiger partial charge is 0.330 e. The van der Waals surface area contributed by atoms with Crippen LogP contribution >= 0.6 is 0 Å². The first-order valence-electron chi connectivity index (χ1n) is 4.68. The molecule has 0 aromatic carbocycles. The minimum atomic E-state index is -0.223. The third kappa shape index (κ3) is 3.59. The molecular formula is C10H17NO2. The first-order valence-corrected chi connectivity index (χ1v) is 4.68. The fourth-order valence-corrected chi connectivity index (χ4v) is 1.52. The first kappa shape index (κ1) is 10.3. The average molecular weight is 183 g/mol. The second-order valence-electron chi connectivity index (χ2n) is 3.48. The van der Waals surface area contributed by atoms with Gasteiger partial charge in [-0.05, 0) is 32.9 Å². The number of ether oxygens (including phenoxy) is 1. The molecule has 0 atom stereocenters. The van der Waals surface area contributed by atoms with E-state index >= 15 is 0 Å². The molecule has 0 radical (unpaired) electrons. The summed E-state index contributed by atoms with van der Waals surface area (Å²) < 4.78 is 4.59. The zero-order chi connectivity index (χ0) is 9.68. The summed E-state index contributed by atoms with van der Waals surface area (Å²) in [6.45, 7) is 2.17. The van der Waals surface area contributed by atoms with Crippen LogP contribution in [0.4, 0.5) is 0 Å². The van der Waals surface area contributed by atoms with E-state index in [2.05, 4.69) is 16.7 Å². The molecule has 13 heavy (non-hydrogen) atoms. The molecule has 0 N–H and O–H groups in total. The second kappa shape index (κ2) is 5.02. The van der Waals surface area contributed by atoms with Crippen LogP contribution in [0.2, 0.25) is 0 Å². The summed E-state index contributed by atoms with van der Waals surface area (Å²) in [6, 6.07) is 0. The molecule has 0 spiro atoms. The van der Waals surface area contributed by atoms with Gasteiger partial charge in [-0.25, -0.2) is 4.79 Å². The lowest BCUT2D eigenvalue weighted by molar-refractivity contribution is -0.134. The van der Waals surface area contributed by atoms with E-state index in [0.717, 1.165) is 32.4 Å².